The van der Waals surface area contributed by atoms with Crippen molar-refractivity contribution in [2.24, 2.45) is 5.92 Å². The minimum Gasteiger partial charge on any atom is -0.339 e. The zero-order valence-corrected chi connectivity index (χ0v) is 17.5. The van der Waals surface area contributed by atoms with Gasteiger partial charge in [0.25, 0.3) is 0 Å². The molecule has 3 heterocycles. The zero-order valence-electron chi connectivity index (χ0n) is 16.7. The Balaban J connectivity index is 1.40. The zero-order chi connectivity index (χ0) is 21.0. The first kappa shape index (κ1) is 20.4. The lowest BCUT2D eigenvalue weighted by Gasteiger charge is -2.30. The maximum Gasteiger partial charge on any atom is 0.236 e. The van der Waals surface area contributed by atoms with Crippen LogP contribution in [0.5, 0.6) is 0 Å². The van der Waals surface area contributed by atoms with Gasteiger partial charge in [-0.2, -0.15) is 9.29 Å². The van der Waals surface area contributed by atoms with E-state index in [9.17, 15) is 8.42 Å². The van der Waals surface area contributed by atoms with Crippen molar-refractivity contribution in [1.29, 1.82) is 0 Å². The van der Waals surface area contributed by atoms with Crippen LogP contribution in [0.15, 0.2) is 52.8 Å². The van der Waals surface area contributed by atoms with Crippen molar-refractivity contribution in [3.05, 3.63) is 65.3 Å². The Kier molecular flexibility index (Phi) is 6.01. The van der Waals surface area contributed by atoms with Crippen molar-refractivity contribution in [1.82, 2.24) is 24.4 Å². The van der Waals surface area contributed by atoms with E-state index in [0.29, 0.717) is 36.9 Å². The van der Waals surface area contributed by atoms with Gasteiger partial charge in [-0.1, -0.05) is 35.0 Å². The molecule has 0 spiro atoms. The van der Waals surface area contributed by atoms with Crippen molar-refractivity contribution in [2.75, 3.05) is 13.1 Å². The number of hydrogen-bond donors (Lipinski definition) is 0. The minimum atomic E-state index is -3.49. The molecule has 1 fully saturated rings. The van der Waals surface area contributed by atoms with Crippen LogP contribution >= 0.6 is 0 Å². The lowest BCUT2D eigenvalue weighted by Crippen LogP contribution is -2.39. The van der Waals surface area contributed by atoms with Gasteiger partial charge in [0, 0.05) is 37.3 Å². The largest absolute Gasteiger partial charge is 0.339 e. The molecule has 3 aromatic rings. The van der Waals surface area contributed by atoms with E-state index in [1.165, 1.54) is 9.71 Å². The van der Waals surface area contributed by atoms with Gasteiger partial charge in [-0.15, -0.1) is 0 Å². The predicted molar refractivity (Wildman–Crippen MR) is 112 cm³/mol. The molecule has 4 rings (SSSR count). The first-order valence-electron chi connectivity index (χ1n) is 9.83. The van der Waals surface area contributed by atoms with Gasteiger partial charge in [0.05, 0.1) is 6.20 Å². The molecule has 0 radical (unpaired) electrons. The highest BCUT2D eigenvalue weighted by Gasteiger charge is 2.28. The molecular weight excluding hydrogens is 402 g/mol. The fourth-order valence-corrected chi connectivity index (χ4v) is 4.76. The molecule has 1 unspecified atom stereocenters. The molecule has 0 amide bonds. The summed E-state index contributed by atoms with van der Waals surface area (Å²) in [6, 6.07) is 7.74. The second-order valence-corrected chi connectivity index (χ2v) is 9.25. The maximum absolute atomic E-state index is 12.8. The highest BCUT2D eigenvalue weighted by Crippen LogP contribution is 2.24. The van der Waals surface area contributed by atoms with Gasteiger partial charge < -0.3 is 4.52 Å². The van der Waals surface area contributed by atoms with Gasteiger partial charge >= 0.3 is 0 Å². The normalized spacial score (nSPS) is 18.1. The smallest absolute Gasteiger partial charge is 0.236 e. The lowest BCUT2D eigenvalue weighted by molar-refractivity contribution is 0.248. The van der Waals surface area contributed by atoms with Crippen LogP contribution in [0, 0.1) is 12.8 Å². The van der Waals surface area contributed by atoms with Gasteiger partial charge in [0.1, 0.15) is 5.69 Å². The molecule has 1 aliphatic heterocycles. The van der Waals surface area contributed by atoms with Crippen molar-refractivity contribution in [3.63, 3.8) is 0 Å². The summed E-state index contributed by atoms with van der Waals surface area (Å²) >= 11 is 0. The van der Waals surface area contributed by atoms with E-state index in [4.69, 9.17) is 4.52 Å². The summed E-state index contributed by atoms with van der Waals surface area (Å²) in [5.74, 6) is 0.992. The van der Waals surface area contributed by atoms with Crippen LogP contribution in [0.25, 0.3) is 17.6 Å². The van der Waals surface area contributed by atoms with E-state index < -0.39 is 10.0 Å². The number of sulfonamides is 1. The van der Waals surface area contributed by atoms with E-state index in [2.05, 4.69) is 20.1 Å². The molecular formula is C21H23N5O3S. The third-order valence-electron chi connectivity index (χ3n) is 5.08. The Morgan fingerprint density at radius 3 is 2.83 bits per heavy atom. The highest BCUT2D eigenvalue weighted by atomic mass is 32.2. The maximum atomic E-state index is 12.8. The molecule has 1 saturated heterocycles. The average molecular weight is 426 g/mol. The van der Waals surface area contributed by atoms with Crippen LogP contribution in [0.2, 0.25) is 0 Å². The van der Waals surface area contributed by atoms with E-state index >= 15 is 0 Å². The number of piperidine rings is 1. The predicted octanol–water partition coefficient (Wildman–Crippen LogP) is 3.09. The number of aryl methyl sites for hydroxylation is 1. The minimum absolute atomic E-state index is 0.122. The first-order valence-corrected chi connectivity index (χ1v) is 11.3. The average Bonchev–Trinajstić information content (AvgIpc) is 3.23. The van der Waals surface area contributed by atoms with E-state index in [-0.39, 0.29) is 5.92 Å². The van der Waals surface area contributed by atoms with Gasteiger partial charge in [-0.05, 0) is 37.3 Å². The van der Waals surface area contributed by atoms with Crippen molar-refractivity contribution >= 4 is 16.1 Å². The second-order valence-electron chi connectivity index (χ2n) is 7.43. The van der Waals surface area contributed by atoms with Crippen LogP contribution in [0.1, 0.15) is 29.9 Å². The van der Waals surface area contributed by atoms with Gasteiger partial charge in [0.2, 0.25) is 21.7 Å². The molecule has 2 aromatic heterocycles. The van der Waals surface area contributed by atoms with E-state index in [0.717, 1.165) is 24.0 Å². The summed E-state index contributed by atoms with van der Waals surface area (Å²) in [5.41, 5.74) is 2.54. The van der Waals surface area contributed by atoms with Crippen molar-refractivity contribution in [3.8, 4) is 11.5 Å². The molecule has 8 nitrogen and oxygen atoms in total. The highest BCUT2D eigenvalue weighted by molar-refractivity contribution is 7.92. The first-order chi connectivity index (χ1) is 14.5. The molecule has 156 valence electrons. The Bertz CT molecular complexity index is 1110. The van der Waals surface area contributed by atoms with Gasteiger partial charge in [-0.3, -0.25) is 4.98 Å². The topological polar surface area (TPSA) is 102 Å². The van der Waals surface area contributed by atoms with Crippen molar-refractivity contribution in [2.45, 2.75) is 26.2 Å². The number of hydrogen-bond acceptors (Lipinski definition) is 7. The van der Waals surface area contributed by atoms with Crippen LogP contribution in [-0.4, -0.2) is 45.9 Å². The lowest BCUT2D eigenvalue weighted by atomic mass is 9.96. The molecule has 1 aromatic carbocycles. The van der Waals surface area contributed by atoms with Crippen molar-refractivity contribution < 1.29 is 12.9 Å². The molecule has 1 atom stereocenters. The molecule has 1 aliphatic rings. The summed E-state index contributed by atoms with van der Waals surface area (Å²) in [6.07, 6.45) is 8.60. The van der Waals surface area contributed by atoms with Gasteiger partial charge in [0.15, 0.2) is 0 Å². The van der Waals surface area contributed by atoms with Gasteiger partial charge in [-0.25, -0.2) is 13.4 Å². The third-order valence-corrected chi connectivity index (χ3v) is 6.61. The Morgan fingerprint density at radius 1 is 1.23 bits per heavy atom. The quantitative estimate of drug-likeness (QED) is 0.598. The van der Waals surface area contributed by atoms with Crippen LogP contribution in [0.4, 0.5) is 0 Å². The summed E-state index contributed by atoms with van der Waals surface area (Å²) in [7, 11) is -3.49. The van der Waals surface area contributed by atoms with E-state index in [1.54, 1.807) is 24.7 Å². The molecule has 30 heavy (non-hydrogen) atoms. The summed E-state index contributed by atoms with van der Waals surface area (Å²) in [6.45, 7) is 2.95. The monoisotopic (exact) mass is 425 g/mol. The summed E-state index contributed by atoms with van der Waals surface area (Å²) in [4.78, 5) is 12.5. The Labute approximate surface area is 175 Å². The molecule has 0 N–H and O–H groups in total. The Morgan fingerprint density at radius 2 is 2.07 bits per heavy atom. The fourth-order valence-electron chi connectivity index (χ4n) is 3.46. The van der Waals surface area contributed by atoms with Crippen LogP contribution in [-0.2, 0) is 16.4 Å². The fraction of sp³-hybridized carbons (Fsp3) is 0.333. The second kappa shape index (κ2) is 8.85. The van der Waals surface area contributed by atoms with Crippen LogP contribution in [0.3, 0.4) is 0 Å². The summed E-state index contributed by atoms with van der Waals surface area (Å²) in [5, 5.41) is 5.25. The molecule has 9 heteroatoms. The van der Waals surface area contributed by atoms with E-state index in [1.807, 2.05) is 31.2 Å². The molecule has 0 saturated carbocycles. The Hall–Kier alpha value is -2.91. The van der Waals surface area contributed by atoms with Crippen LogP contribution < -0.4 is 0 Å². The number of aromatic nitrogens is 4. The SMILES string of the molecule is Cc1ccc(/C=C/S(=O)(=O)N2CCCC(Cc3nc(-c4cnccn4)no3)C2)cc1. The number of benzene rings is 1. The third kappa shape index (κ3) is 4.98. The number of nitrogens with zero attached hydrogens (tertiary/aromatic N) is 5. The summed E-state index contributed by atoms with van der Waals surface area (Å²) < 4.78 is 32.5. The molecule has 0 aliphatic carbocycles. The molecule has 0 bridgehead atoms. The standard InChI is InChI=1S/C21H23N5O3S/c1-16-4-6-17(7-5-16)8-12-30(27,28)26-11-2-3-18(15-26)13-20-24-21(25-29-20)19-14-22-9-10-23-19/h4-10,12,14,18H,2-3,11,13,15H2,1H3/b12-8+. The number of rotatable bonds is 6.